The zero-order valence-corrected chi connectivity index (χ0v) is 67.8. The predicted molar refractivity (Wildman–Crippen MR) is 477 cm³/mol. The summed E-state index contributed by atoms with van der Waals surface area (Å²) in [7, 11) is 0. The molecule has 0 bridgehead atoms. The van der Waals surface area contributed by atoms with Gasteiger partial charge < -0.3 is 38.5 Å². The molecule has 0 aliphatic carbocycles. The lowest BCUT2D eigenvalue weighted by Crippen LogP contribution is -2.26. The summed E-state index contributed by atoms with van der Waals surface area (Å²) >= 11 is 0. The van der Waals surface area contributed by atoms with Crippen LogP contribution in [0, 0.1) is 55.4 Å². The lowest BCUT2D eigenvalue weighted by molar-refractivity contribution is -0.137. The molecule has 23 nitrogen and oxygen atoms in total. The summed E-state index contributed by atoms with van der Waals surface area (Å²) in [5.41, 5.74) is 27.5. The van der Waals surface area contributed by atoms with Crippen molar-refractivity contribution < 1.29 is 13.2 Å². The average Bonchev–Trinajstić information content (AvgIpc) is 0.774. The van der Waals surface area contributed by atoms with Gasteiger partial charge in [-0.3, -0.25) is 37.4 Å². The summed E-state index contributed by atoms with van der Waals surface area (Å²) in [5, 5.41) is 19.5. The number of halogens is 3. The minimum absolute atomic E-state index is 0. The molecule has 16 rings (SSSR count). The van der Waals surface area contributed by atoms with Crippen LogP contribution in [0.4, 0.5) is 53.9 Å². The maximum atomic E-state index is 13.6. The highest BCUT2D eigenvalue weighted by Gasteiger charge is 2.35. The Balaban J connectivity index is 0.000000146. The van der Waals surface area contributed by atoms with Gasteiger partial charge in [0.2, 0.25) is 5.95 Å². The molecule has 1 unspecified atom stereocenters. The number of nitrogens with two attached hydrogens (primary N) is 3. The number of pyridine rings is 4. The Morgan fingerprint density at radius 1 is 0.342 bits per heavy atom. The number of aryl methyl sites for hydroxylation is 8. The second kappa shape index (κ2) is 36.2. The zero-order chi connectivity index (χ0) is 84.7. The van der Waals surface area contributed by atoms with Gasteiger partial charge in [-0.1, -0.05) is 153 Å². The summed E-state index contributed by atoms with van der Waals surface area (Å²) in [6.07, 6.45) is -0.597. The highest BCUT2D eigenvalue weighted by molar-refractivity contribution is 5.89. The number of nitrogens with one attached hydrogen (secondary N) is 4. The second-order valence-electron chi connectivity index (χ2n) is 29.2. The summed E-state index contributed by atoms with van der Waals surface area (Å²) in [6, 6.07) is 70.3. The van der Waals surface area contributed by atoms with Gasteiger partial charge in [0.25, 0.3) is 22.2 Å². The number of fused-ring (bicyclic) bond motifs is 4. The summed E-state index contributed by atoms with van der Waals surface area (Å²) in [6.45, 7) is 23.1. The summed E-state index contributed by atoms with van der Waals surface area (Å²) in [5.74, 6) is 3.55. The van der Waals surface area contributed by atoms with Crippen LogP contribution < -0.4 is 60.7 Å². The molecule has 0 aliphatic rings. The molecule has 0 radical (unpaired) electrons. The molecule has 0 saturated heterocycles. The van der Waals surface area contributed by atoms with E-state index in [4.69, 9.17) is 17.2 Å². The van der Waals surface area contributed by atoms with E-state index in [9.17, 15) is 32.3 Å². The van der Waals surface area contributed by atoms with Crippen LogP contribution in [0.2, 0.25) is 0 Å². The van der Waals surface area contributed by atoms with Gasteiger partial charge in [-0.25, -0.2) is 34.9 Å². The second-order valence-corrected chi connectivity index (χ2v) is 29.2. The quantitative estimate of drug-likeness (QED) is 0.0473. The molecule has 8 aromatic carbocycles. The van der Waals surface area contributed by atoms with Gasteiger partial charge in [-0.15, -0.1) is 0 Å². The summed E-state index contributed by atoms with van der Waals surface area (Å²) < 4.78 is 45.8. The van der Waals surface area contributed by atoms with Crippen LogP contribution in [0.5, 0.6) is 0 Å². The number of nitrogens with zero attached hydrogens (tertiary/aromatic N) is 12. The first-order valence-corrected chi connectivity index (χ1v) is 38.6. The van der Waals surface area contributed by atoms with E-state index >= 15 is 0 Å². The molecular weight excluding hydrogens is 1520 g/mol. The van der Waals surface area contributed by atoms with Crippen molar-refractivity contribution in [2.24, 2.45) is 0 Å². The SMILES string of the molecule is C.Cc1cccc2cc([C@H](C)Nc3ncc(C(F)(F)F)c(N)n3)n(-c3ccccc3)c(=O)c12.Cc1nc(N)cc(N[C@@H](C)c2cc3cccc(C)c3c(=O)n2-c2ccccc2)n1.Cc1ncc(C)c(N[C@@H](C)c2cc3cccc(C)c3c(=O)n2-c2ccccc2)n1.Cc1ncc(N)c(NC(C)c2cc3cccc(C)c3c(=O)n2-c2ccccc2)n1. The molecule has 120 heavy (non-hydrogen) atoms. The van der Waals surface area contributed by atoms with E-state index < -0.39 is 23.6 Å². The molecule has 610 valence electrons. The maximum absolute atomic E-state index is 13.6. The van der Waals surface area contributed by atoms with Crippen molar-refractivity contribution in [3.63, 3.8) is 0 Å². The van der Waals surface area contributed by atoms with E-state index in [1.807, 2.05) is 276 Å². The van der Waals surface area contributed by atoms with Crippen LogP contribution >= 0.6 is 0 Å². The Labute approximate surface area is 691 Å². The maximum Gasteiger partial charge on any atom is 0.421 e. The van der Waals surface area contributed by atoms with Crippen molar-refractivity contribution in [2.45, 2.75) is 121 Å². The van der Waals surface area contributed by atoms with Crippen molar-refractivity contribution in [1.29, 1.82) is 0 Å². The number of benzene rings is 8. The first-order valence-electron chi connectivity index (χ1n) is 38.6. The molecule has 8 aromatic heterocycles. The molecule has 0 spiro atoms. The minimum Gasteiger partial charge on any atom is -0.394 e. The third-order valence-corrected chi connectivity index (χ3v) is 20.4. The number of aromatic nitrogens is 12. The van der Waals surface area contributed by atoms with Crippen molar-refractivity contribution in [1.82, 2.24) is 58.1 Å². The Bertz CT molecular complexity index is 6490. The molecule has 16 aromatic rings. The van der Waals surface area contributed by atoms with Gasteiger partial charge in [-0.05, 0) is 200 Å². The van der Waals surface area contributed by atoms with Gasteiger partial charge in [0.1, 0.15) is 46.3 Å². The Kier molecular flexibility index (Phi) is 25.6. The van der Waals surface area contributed by atoms with E-state index in [2.05, 4.69) is 79.3 Å². The van der Waals surface area contributed by atoms with Crippen LogP contribution in [0.25, 0.3) is 65.8 Å². The Morgan fingerprint density at radius 3 is 1.02 bits per heavy atom. The standard InChI is InChI=1S/C24H24N4O.C23H20F3N5O.2C23H23N5O.CH4/c1-15-9-8-10-19-13-21(17(3)26-23-16(2)14-25-18(4)27-23)28(24(29)22(15)19)20-11-6-5-7-12-20;1-13-7-6-8-15-11-18(31(21(32)19(13)15)16-9-4-3-5-10-16)14(2)29-22-28-12-17(20(27)30-22)23(24,25)26;1-14-8-7-9-17-12-20(15(2)26-22-19(24)13-25-16(3)27-22)28(23(29)21(14)17)18-10-5-4-6-11-18;1-14-8-7-9-17-12-19(15(2)25-21-13-20(24)26-16(3)27-21)28(23(29)22(14)17)18-10-5-4-6-11-18;/h5-14,17H,1-4H3,(H,25,26,27);3-12,14H,1-2H3,(H3,27,28,29,30);4-13,15H,24H2,1-3H3,(H,25,26,27);4-13,15H,1-3H3,(H3,24,25,26,27);1H4/t17-;14-;;15-;/m00.0./s1. The molecule has 10 N–H and O–H groups in total. The van der Waals surface area contributed by atoms with E-state index in [-0.39, 0.29) is 53.7 Å². The van der Waals surface area contributed by atoms with E-state index in [0.29, 0.717) is 63.6 Å². The van der Waals surface area contributed by atoms with Gasteiger partial charge in [0, 0.05) is 69.5 Å². The van der Waals surface area contributed by atoms with Crippen LogP contribution in [0.15, 0.2) is 262 Å². The van der Waals surface area contributed by atoms with Crippen LogP contribution in [-0.2, 0) is 6.18 Å². The highest BCUT2D eigenvalue weighted by atomic mass is 19.4. The number of nitrogen functional groups attached to an aromatic ring is 3. The smallest absolute Gasteiger partial charge is 0.394 e. The average molecular weight is 1610 g/mol. The van der Waals surface area contributed by atoms with E-state index in [0.717, 1.165) is 105 Å². The number of alkyl halides is 3. The Morgan fingerprint density at radius 2 is 0.675 bits per heavy atom. The number of anilines is 7. The highest BCUT2D eigenvalue weighted by Crippen LogP contribution is 2.35. The fraction of sp³-hybridized carbons (Fsp3) is 0.191. The topological polar surface area (TPSA) is 317 Å². The van der Waals surface area contributed by atoms with Crippen molar-refractivity contribution in [2.75, 3.05) is 38.5 Å². The molecule has 0 amide bonds. The first kappa shape index (κ1) is 84.7. The largest absolute Gasteiger partial charge is 0.421 e. The molecule has 4 atom stereocenters. The summed E-state index contributed by atoms with van der Waals surface area (Å²) in [4.78, 5) is 87.5. The zero-order valence-electron chi connectivity index (χ0n) is 67.8. The van der Waals surface area contributed by atoms with Crippen LogP contribution in [0.3, 0.4) is 0 Å². The normalized spacial score (nSPS) is 12.2. The first-order chi connectivity index (χ1) is 57.0. The van der Waals surface area contributed by atoms with E-state index in [1.165, 1.54) is 0 Å². The molecular formula is C94H94F3N19O4. The molecule has 0 fully saturated rings. The molecule has 0 aliphatic heterocycles. The predicted octanol–water partition coefficient (Wildman–Crippen LogP) is 18.7. The van der Waals surface area contributed by atoms with Gasteiger partial charge in [0.05, 0.1) is 57.6 Å². The number of hydrogen-bond acceptors (Lipinski definition) is 19. The van der Waals surface area contributed by atoms with Crippen LogP contribution in [-0.4, -0.2) is 58.1 Å². The lowest BCUT2D eigenvalue weighted by Gasteiger charge is -2.22. The lowest BCUT2D eigenvalue weighted by atomic mass is 10.0. The number of rotatable bonds is 16. The van der Waals surface area contributed by atoms with E-state index in [1.54, 1.807) is 44.4 Å². The number of para-hydroxylation sites is 4. The van der Waals surface area contributed by atoms with Gasteiger partial charge in [-0.2, -0.15) is 18.2 Å². The monoisotopic (exact) mass is 1610 g/mol. The fourth-order valence-corrected chi connectivity index (χ4v) is 14.6. The van der Waals surface area contributed by atoms with Crippen LogP contribution in [0.1, 0.15) is 133 Å². The van der Waals surface area contributed by atoms with Crippen molar-refractivity contribution in [3.8, 4) is 22.7 Å². The van der Waals surface area contributed by atoms with Crippen molar-refractivity contribution in [3.05, 3.63) is 358 Å². The van der Waals surface area contributed by atoms with Gasteiger partial charge >= 0.3 is 6.18 Å². The molecule has 8 heterocycles. The minimum atomic E-state index is -4.64. The third kappa shape index (κ3) is 18.4. The fourth-order valence-electron chi connectivity index (χ4n) is 14.6. The number of hydrogen-bond donors (Lipinski definition) is 7. The molecule has 26 heteroatoms. The molecule has 0 saturated carbocycles. The third-order valence-electron chi connectivity index (χ3n) is 20.4. The Hall–Kier alpha value is -14.7. The van der Waals surface area contributed by atoms with Crippen molar-refractivity contribution >= 4 is 83.8 Å². The van der Waals surface area contributed by atoms with Gasteiger partial charge in [0.15, 0.2) is 5.82 Å².